The zero-order valence-corrected chi connectivity index (χ0v) is 10.6. The average molecular weight is 236 g/mol. The Labute approximate surface area is 104 Å². The summed E-state index contributed by atoms with van der Waals surface area (Å²) in [6.45, 7) is 1.14. The summed E-state index contributed by atoms with van der Waals surface area (Å²) in [6, 6.07) is 1.25. The van der Waals surface area contributed by atoms with Gasteiger partial charge in [0, 0.05) is 12.6 Å². The van der Waals surface area contributed by atoms with Crippen LogP contribution in [0.3, 0.4) is 0 Å². The van der Waals surface area contributed by atoms with Crippen LogP contribution in [0.1, 0.15) is 51.4 Å². The molecule has 2 atom stereocenters. The molecule has 17 heavy (non-hydrogen) atoms. The molecule has 0 aromatic heterocycles. The van der Waals surface area contributed by atoms with Gasteiger partial charge in [0.2, 0.25) is 5.96 Å². The lowest BCUT2D eigenvalue weighted by atomic mass is 9.78. The molecule has 3 rings (SSSR count). The minimum atomic E-state index is 0.546. The first kappa shape index (κ1) is 11.3. The molecule has 0 unspecified atom stereocenters. The zero-order chi connectivity index (χ0) is 11.7. The van der Waals surface area contributed by atoms with E-state index < -0.39 is 0 Å². The van der Waals surface area contributed by atoms with E-state index in [2.05, 4.69) is 10.3 Å². The summed E-state index contributed by atoms with van der Waals surface area (Å²) in [5.74, 6) is 7.53. The van der Waals surface area contributed by atoms with E-state index in [9.17, 15) is 0 Å². The van der Waals surface area contributed by atoms with E-state index in [1.807, 2.05) is 0 Å². The van der Waals surface area contributed by atoms with E-state index in [4.69, 9.17) is 10.8 Å². The number of nitrogens with zero attached hydrogens (tertiary/aromatic N) is 2. The van der Waals surface area contributed by atoms with Crippen molar-refractivity contribution >= 4 is 5.96 Å². The first-order valence-electron chi connectivity index (χ1n) is 7.19. The highest BCUT2D eigenvalue weighted by atomic mass is 15.4. The van der Waals surface area contributed by atoms with Gasteiger partial charge in [-0.1, -0.05) is 12.8 Å². The van der Waals surface area contributed by atoms with E-state index in [1.54, 1.807) is 0 Å². The van der Waals surface area contributed by atoms with Gasteiger partial charge >= 0.3 is 0 Å². The molecule has 4 nitrogen and oxygen atoms in total. The second-order valence-electron chi connectivity index (χ2n) is 5.78. The van der Waals surface area contributed by atoms with Crippen molar-refractivity contribution in [2.24, 2.45) is 16.8 Å². The Morgan fingerprint density at radius 2 is 1.82 bits per heavy atom. The van der Waals surface area contributed by atoms with Crippen molar-refractivity contribution in [1.29, 1.82) is 0 Å². The first-order valence-corrected chi connectivity index (χ1v) is 7.19. The van der Waals surface area contributed by atoms with E-state index in [1.165, 1.54) is 51.4 Å². The van der Waals surface area contributed by atoms with Crippen LogP contribution >= 0.6 is 0 Å². The number of aliphatic imine (C=N–C) groups is 1. The van der Waals surface area contributed by atoms with Crippen LogP contribution in [0.2, 0.25) is 0 Å². The zero-order valence-electron chi connectivity index (χ0n) is 10.6. The molecule has 0 aromatic carbocycles. The average Bonchev–Trinajstić information content (AvgIpc) is 3.19. The van der Waals surface area contributed by atoms with Gasteiger partial charge in [-0.3, -0.25) is 5.43 Å². The molecule has 96 valence electrons. The number of nitrogens with two attached hydrogens (primary N) is 1. The predicted molar refractivity (Wildman–Crippen MR) is 69.5 cm³/mol. The third kappa shape index (κ3) is 2.41. The Morgan fingerprint density at radius 1 is 1.06 bits per heavy atom. The Bertz CT molecular complexity index is 296. The summed E-state index contributed by atoms with van der Waals surface area (Å²) < 4.78 is 0. The Balaban J connectivity index is 1.74. The van der Waals surface area contributed by atoms with E-state index >= 15 is 0 Å². The maximum atomic E-state index is 5.68. The van der Waals surface area contributed by atoms with Gasteiger partial charge in [0.15, 0.2) is 0 Å². The Morgan fingerprint density at radius 3 is 2.59 bits per heavy atom. The maximum Gasteiger partial charge on any atom is 0.208 e. The minimum Gasteiger partial charge on any atom is -0.339 e. The molecular formula is C13H24N4. The maximum absolute atomic E-state index is 5.68. The van der Waals surface area contributed by atoms with Crippen LogP contribution in [0, 0.1) is 5.92 Å². The second-order valence-corrected chi connectivity index (χ2v) is 5.78. The number of rotatable bonds is 1. The van der Waals surface area contributed by atoms with Crippen LogP contribution < -0.4 is 11.3 Å². The number of fused-ring (bicyclic) bond motifs is 1. The largest absolute Gasteiger partial charge is 0.339 e. The SMILES string of the molecule is NNC(=NC1CC1)N1CCC[C@H]2CCCC[C@H]21. The lowest BCUT2D eigenvalue weighted by Gasteiger charge is -2.45. The van der Waals surface area contributed by atoms with Gasteiger partial charge in [-0.15, -0.1) is 0 Å². The highest BCUT2D eigenvalue weighted by molar-refractivity contribution is 5.80. The molecule has 1 aliphatic heterocycles. The van der Waals surface area contributed by atoms with Crippen molar-refractivity contribution in [2.45, 2.75) is 63.5 Å². The van der Waals surface area contributed by atoms with Crippen LogP contribution in [-0.2, 0) is 0 Å². The summed E-state index contributed by atoms with van der Waals surface area (Å²) in [6.07, 6.45) is 10.7. The lowest BCUT2D eigenvalue weighted by Crippen LogP contribution is -2.55. The lowest BCUT2D eigenvalue weighted by molar-refractivity contribution is 0.115. The number of nitrogens with one attached hydrogen (secondary N) is 1. The van der Waals surface area contributed by atoms with Crippen LogP contribution in [0.25, 0.3) is 0 Å². The highest BCUT2D eigenvalue weighted by Gasteiger charge is 2.35. The van der Waals surface area contributed by atoms with Crippen molar-refractivity contribution in [1.82, 2.24) is 10.3 Å². The van der Waals surface area contributed by atoms with E-state index in [-0.39, 0.29) is 0 Å². The van der Waals surface area contributed by atoms with Gasteiger partial charge in [0.25, 0.3) is 0 Å². The number of guanidine groups is 1. The van der Waals surface area contributed by atoms with Crippen LogP contribution in [-0.4, -0.2) is 29.5 Å². The Kier molecular flexibility index (Phi) is 3.23. The molecule has 1 saturated heterocycles. The van der Waals surface area contributed by atoms with Gasteiger partial charge in [-0.2, -0.15) is 0 Å². The molecule has 2 aliphatic carbocycles. The predicted octanol–water partition coefficient (Wildman–Crippen LogP) is 1.62. The van der Waals surface area contributed by atoms with Gasteiger partial charge in [0.1, 0.15) is 0 Å². The number of hydrogen-bond donors (Lipinski definition) is 2. The fraction of sp³-hybridized carbons (Fsp3) is 0.923. The molecule has 3 N–H and O–H groups in total. The van der Waals surface area contributed by atoms with Gasteiger partial charge < -0.3 is 4.90 Å². The summed E-state index contributed by atoms with van der Waals surface area (Å²) in [5.41, 5.74) is 2.85. The highest BCUT2D eigenvalue weighted by Crippen LogP contribution is 2.35. The van der Waals surface area contributed by atoms with Crippen LogP contribution in [0.15, 0.2) is 4.99 Å². The van der Waals surface area contributed by atoms with Gasteiger partial charge in [0.05, 0.1) is 6.04 Å². The normalized spacial score (nSPS) is 34.4. The van der Waals surface area contributed by atoms with E-state index in [0.29, 0.717) is 12.1 Å². The monoisotopic (exact) mass is 236 g/mol. The smallest absolute Gasteiger partial charge is 0.208 e. The topological polar surface area (TPSA) is 53.6 Å². The summed E-state index contributed by atoms with van der Waals surface area (Å²) in [5, 5.41) is 0. The third-order valence-corrected chi connectivity index (χ3v) is 4.50. The summed E-state index contributed by atoms with van der Waals surface area (Å²) in [7, 11) is 0. The molecule has 1 heterocycles. The molecule has 3 fully saturated rings. The van der Waals surface area contributed by atoms with Crippen molar-refractivity contribution in [3.05, 3.63) is 0 Å². The molecule has 3 aliphatic rings. The number of piperidine rings is 1. The standard InChI is InChI=1S/C13H24N4/c14-16-13(15-11-7-8-11)17-9-3-5-10-4-1-2-6-12(10)17/h10-12H,1-9,14H2,(H,15,16)/t10-,12-/m1/s1. The molecule has 0 bridgehead atoms. The minimum absolute atomic E-state index is 0.546. The van der Waals surface area contributed by atoms with Gasteiger partial charge in [-0.25, -0.2) is 10.8 Å². The quantitative estimate of drug-likeness (QED) is 0.315. The first-order chi connectivity index (χ1) is 8.38. The summed E-state index contributed by atoms with van der Waals surface area (Å²) in [4.78, 5) is 7.19. The fourth-order valence-corrected chi connectivity index (χ4v) is 3.46. The molecule has 0 radical (unpaired) electrons. The molecule has 2 saturated carbocycles. The Hall–Kier alpha value is -0.770. The number of hydrazine groups is 1. The van der Waals surface area contributed by atoms with Crippen LogP contribution in [0.4, 0.5) is 0 Å². The second kappa shape index (κ2) is 4.84. The van der Waals surface area contributed by atoms with Crippen LogP contribution in [0.5, 0.6) is 0 Å². The molecule has 0 spiro atoms. The van der Waals surface area contributed by atoms with E-state index in [0.717, 1.165) is 18.4 Å². The fourth-order valence-electron chi connectivity index (χ4n) is 3.46. The molecule has 4 heteroatoms. The van der Waals surface area contributed by atoms with Gasteiger partial charge in [-0.05, 0) is 44.4 Å². The third-order valence-electron chi connectivity index (χ3n) is 4.50. The summed E-state index contributed by atoms with van der Waals surface area (Å²) >= 11 is 0. The van der Waals surface area contributed by atoms with Crippen molar-refractivity contribution in [3.8, 4) is 0 Å². The number of hydrogen-bond acceptors (Lipinski definition) is 2. The van der Waals surface area contributed by atoms with Crippen molar-refractivity contribution in [2.75, 3.05) is 6.54 Å². The number of likely N-dealkylation sites (tertiary alicyclic amines) is 1. The molecule has 0 amide bonds. The van der Waals surface area contributed by atoms with Crippen molar-refractivity contribution < 1.29 is 0 Å². The van der Waals surface area contributed by atoms with Crippen molar-refractivity contribution in [3.63, 3.8) is 0 Å². The molecule has 0 aromatic rings. The molecular weight excluding hydrogens is 212 g/mol.